The van der Waals surface area contributed by atoms with Crippen molar-refractivity contribution in [2.75, 3.05) is 0 Å². The first kappa shape index (κ1) is 24.1. The third-order valence-corrected chi connectivity index (χ3v) is 2.52. The van der Waals surface area contributed by atoms with Crippen LogP contribution in [0.15, 0.2) is 0 Å². The zero-order valence-electron chi connectivity index (χ0n) is 16.5. The minimum atomic E-state index is -0.896. The van der Waals surface area contributed by atoms with Gasteiger partial charge in [-0.05, 0) is 68.7 Å². The Morgan fingerprint density at radius 2 is 1.04 bits per heavy atom. The lowest BCUT2D eigenvalue weighted by Gasteiger charge is -2.27. The molecule has 0 saturated carbocycles. The van der Waals surface area contributed by atoms with E-state index < -0.39 is 22.3 Å². The molecule has 138 valence electrons. The van der Waals surface area contributed by atoms with Crippen LogP contribution in [0.2, 0.25) is 0 Å². The van der Waals surface area contributed by atoms with Crippen LogP contribution in [0.1, 0.15) is 75.7 Å². The molecular weight excluding hydrogens is 296 g/mol. The highest BCUT2D eigenvalue weighted by Crippen LogP contribution is 2.14. The van der Waals surface area contributed by atoms with Crippen molar-refractivity contribution in [3.63, 3.8) is 0 Å². The Hall–Kier alpha value is -1.14. The van der Waals surface area contributed by atoms with Gasteiger partial charge in [-0.15, -0.1) is 0 Å². The fourth-order valence-corrected chi connectivity index (χ4v) is 0.949. The number of carbonyl (C=O) groups excluding carboxylic acids is 2. The van der Waals surface area contributed by atoms with Crippen LogP contribution >= 0.6 is 0 Å². The molecule has 6 nitrogen and oxygen atoms in total. The summed E-state index contributed by atoms with van der Waals surface area (Å²) >= 11 is 0. The fourth-order valence-electron chi connectivity index (χ4n) is 0.949. The molecule has 1 atom stereocenters. The normalized spacial score (nSPS) is 15.0. The number of hydrogen-bond donors (Lipinski definition) is 2. The first-order valence-corrected chi connectivity index (χ1v) is 7.86. The molecule has 0 aromatic rings. The second-order valence-corrected chi connectivity index (χ2v) is 8.50. The lowest BCUT2D eigenvalue weighted by Crippen LogP contribution is -2.47. The molecule has 0 aromatic carbocycles. The first-order chi connectivity index (χ1) is 9.82. The number of carbonyl (C=O) groups is 2. The van der Waals surface area contributed by atoms with Crippen LogP contribution in [-0.4, -0.2) is 34.2 Å². The summed E-state index contributed by atoms with van der Waals surface area (Å²) in [5.74, 6) is -0.706. The van der Waals surface area contributed by atoms with Gasteiger partial charge in [-0.25, -0.2) is 0 Å². The molecule has 0 aliphatic heterocycles. The van der Waals surface area contributed by atoms with E-state index in [4.69, 9.17) is 20.9 Å². The van der Waals surface area contributed by atoms with Gasteiger partial charge < -0.3 is 20.9 Å². The monoisotopic (exact) mass is 332 g/mol. The Morgan fingerprint density at radius 3 is 1.22 bits per heavy atom. The summed E-state index contributed by atoms with van der Waals surface area (Å²) in [5, 5.41) is 0. The molecule has 0 aliphatic rings. The number of esters is 2. The minimum Gasteiger partial charge on any atom is -0.459 e. The van der Waals surface area contributed by atoms with E-state index in [1.54, 1.807) is 20.8 Å². The van der Waals surface area contributed by atoms with E-state index >= 15 is 0 Å². The highest BCUT2D eigenvalue weighted by molar-refractivity contribution is 5.80. The lowest BCUT2D eigenvalue weighted by atomic mass is 10.0. The number of nitrogens with two attached hydrogens (primary N) is 2. The smallest absolute Gasteiger partial charge is 0.326 e. The summed E-state index contributed by atoms with van der Waals surface area (Å²) in [6, 6.07) is 0. The molecule has 4 N–H and O–H groups in total. The van der Waals surface area contributed by atoms with E-state index in [0.717, 1.165) is 0 Å². The van der Waals surface area contributed by atoms with Crippen molar-refractivity contribution in [3.05, 3.63) is 0 Å². The molecule has 0 aliphatic carbocycles. The standard InChI is InChI=1S/C9H19NO2.C8H17NO2/c1-6-9(5,10)7(11)12-8(2,3)4;1-7(2,3)11-6(10)8(4,5)9/h6,10H2,1-5H3;9H2,1-5H3/t9-;/m1./s1. The quantitative estimate of drug-likeness (QED) is 0.769. The number of rotatable bonds is 3. The Kier molecular flexibility index (Phi) is 8.50. The van der Waals surface area contributed by atoms with Gasteiger partial charge >= 0.3 is 11.9 Å². The third-order valence-electron chi connectivity index (χ3n) is 2.52. The van der Waals surface area contributed by atoms with Gasteiger partial charge in [0.2, 0.25) is 0 Å². The van der Waals surface area contributed by atoms with Gasteiger partial charge in [-0.3, -0.25) is 9.59 Å². The Balaban J connectivity index is 0. The Morgan fingerprint density at radius 1 is 0.739 bits per heavy atom. The number of ether oxygens (including phenoxy) is 2. The molecule has 0 unspecified atom stereocenters. The summed E-state index contributed by atoms with van der Waals surface area (Å²) < 4.78 is 10.2. The molecule has 6 heteroatoms. The Bertz CT molecular complexity index is 396. The highest BCUT2D eigenvalue weighted by atomic mass is 16.6. The van der Waals surface area contributed by atoms with E-state index in [0.29, 0.717) is 6.42 Å². The van der Waals surface area contributed by atoms with Crippen molar-refractivity contribution in [2.24, 2.45) is 11.5 Å². The van der Waals surface area contributed by atoms with Crippen molar-refractivity contribution in [1.29, 1.82) is 0 Å². The van der Waals surface area contributed by atoms with Crippen LogP contribution in [-0.2, 0) is 19.1 Å². The van der Waals surface area contributed by atoms with Crippen molar-refractivity contribution >= 4 is 11.9 Å². The average Bonchev–Trinajstić information content (AvgIpc) is 2.23. The summed E-state index contributed by atoms with van der Waals surface area (Å²) in [5.41, 5.74) is 8.55. The van der Waals surface area contributed by atoms with E-state index in [1.165, 1.54) is 0 Å². The predicted octanol–water partition coefficient (Wildman–Crippen LogP) is 2.52. The largest absolute Gasteiger partial charge is 0.459 e. The first-order valence-electron chi connectivity index (χ1n) is 7.86. The van der Waals surface area contributed by atoms with E-state index in [1.807, 2.05) is 48.5 Å². The molecule has 0 amide bonds. The summed E-state index contributed by atoms with van der Waals surface area (Å²) in [4.78, 5) is 22.5. The van der Waals surface area contributed by atoms with E-state index in [-0.39, 0.29) is 11.9 Å². The summed E-state index contributed by atoms with van der Waals surface area (Å²) in [7, 11) is 0. The second-order valence-electron chi connectivity index (χ2n) is 8.50. The summed E-state index contributed by atoms with van der Waals surface area (Å²) in [6.07, 6.45) is 0.585. The molecule has 0 spiro atoms. The molecule has 0 fully saturated rings. The van der Waals surface area contributed by atoms with Crippen molar-refractivity contribution in [1.82, 2.24) is 0 Å². The van der Waals surface area contributed by atoms with Crippen LogP contribution in [0.4, 0.5) is 0 Å². The average molecular weight is 332 g/mol. The molecule has 0 rings (SSSR count). The van der Waals surface area contributed by atoms with Crippen molar-refractivity contribution in [3.8, 4) is 0 Å². The molecular formula is C17H36N2O4. The van der Waals surface area contributed by atoms with Crippen LogP contribution in [0.25, 0.3) is 0 Å². The molecule has 0 radical (unpaired) electrons. The maximum atomic E-state index is 11.4. The molecule has 0 aromatic heterocycles. The van der Waals surface area contributed by atoms with Crippen molar-refractivity contribution < 1.29 is 19.1 Å². The van der Waals surface area contributed by atoms with Gasteiger partial charge in [-0.2, -0.15) is 0 Å². The highest BCUT2D eigenvalue weighted by Gasteiger charge is 2.31. The second kappa shape index (κ2) is 8.11. The molecule has 0 bridgehead atoms. The minimum absolute atomic E-state index is 0.336. The maximum Gasteiger partial charge on any atom is 0.326 e. The van der Waals surface area contributed by atoms with Crippen LogP contribution in [0.5, 0.6) is 0 Å². The van der Waals surface area contributed by atoms with E-state index in [9.17, 15) is 9.59 Å². The molecule has 0 heterocycles. The predicted molar refractivity (Wildman–Crippen MR) is 92.8 cm³/mol. The lowest BCUT2D eigenvalue weighted by molar-refractivity contribution is -0.161. The zero-order chi connectivity index (χ0) is 19.3. The Labute approximate surface area is 141 Å². The molecule has 23 heavy (non-hydrogen) atoms. The molecule has 0 saturated heterocycles. The fraction of sp³-hybridized carbons (Fsp3) is 0.882. The van der Waals surface area contributed by atoms with Gasteiger partial charge in [0.1, 0.15) is 22.3 Å². The summed E-state index contributed by atoms with van der Waals surface area (Å²) in [6.45, 7) is 17.7. The van der Waals surface area contributed by atoms with Crippen LogP contribution in [0, 0.1) is 0 Å². The van der Waals surface area contributed by atoms with Crippen LogP contribution in [0.3, 0.4) is 0 Å². The van der Waals surface area contributed by atoms with Gasteiger partial charge in [0.25, 0.3) is 0 Å². The van der Waals surface area contributed by atoms with Gasteiger partial charge in [0.05, 0.1) is 0 Å². The van der Waals surface area contributed by atoms with Gasteiger partial charge in [-0.1, -0.05) is 6.92 Å². The topological polar surface area (TPSA) is 105 Å². The van der Waals surface area contributed by atoms with E-state index in [2.05, 4.69) is 0 Å². The van der Waals surface area contributed by atoms with Crippen LogP contribution < -0.4 is 11.5 Å². The SMILES string of the molecule is CC(C)(C)OC(=O)C(C)(C)N.CC[C@@](C)(N)C(=O)OC(C)(C)C. The van der Waals surface area contributed by atoms with Gasteiger partial charge in [0.15, 0.2) is 0 Å². The third kappa shape index (κ3) is 13.0. The van der Waals surface area contributed by atoms with Gasteiger partial charge in [0, 0.05) is 0 Å². The van der Waals surface area contributed by atoms with Crippen molar-refractivity contribution in [2.45, 2.75) is 97.9 Å². The maximum absolute atomic E-state index is 11.4. The number of hydrogen-bond acceptors (Lipinski definition) is 6. The zero-order valence-corrected chi connectivity index (χ0v) is 16.5.